The van der Waals surface area contributed by atoms with Gasteiger partial charge in [-0.2, -0.15) is 0 Å². The van der Waals surface area contributed by atoms with E-state index < -0.39 is 9.84 Å². The molecular weight excluding hydrogens is 302 g/mol. The molecular formula is C15H25N3O3S. The molecule has 0 aliphatic carbocycles. The number of methoxy groups -OCH3 is 1. The number of para-hydroxylation sites is 1. The number of hydrogen-bond acceptors (Lipinski definition) is 4. The molecule has 6 nitrogen and oxygen atoms in total. The van der Waals surface area contributed by atoms with Crippen LogP contribution in [0.2, 0.25) is 0 Å². The number of hydrogen-bond donors (Lipinski definition) is 2. The molecule has 0 heterocycles. The fourth-order valence-corrected chi connectivity index (χ4v) is 2.55. The maximum absolute atomic E-state index is 11.1. The third kappa shape index (κ3) is 7.31. The number of aliphatic imine (C=N–C) groups is 1. The smallest absolute Gasteiger partial charge is 0.191 e. The molecule has 0 unspecified atom stereocenters. The van der Waals surface area contributed by atoms with Crippen LogP contribution in [0.4, 0.5) is 0 Å². The highest BCUT2D eigenvalue weighted by atomic mass is 32.2. The Hall–Kier alpha value is -1.76. The molecule has 0 radical (unpaired) electrons. The lowest BCUT2D eigenvalue weighted by molar-refractivity contribution is 0.410. The lowest BCUT2D eigenvalue weighted by atomic mass is 10.2. The van der Waals surface area contributed by atoms with Crippen molar-refractivity contribution in [1.29, 1.82) is 0 Å². The van der Waals surface area contributed by atoms with Crippen LogP contribution in [-0.4, -0.2) is 46.6 Å². The van der Waals surface area contributed by atoms with Gasteiger partial charge in [0.2, 0.25) is 0 Å². The summed E-state index contributed by atoms with van der Waals surface area (Å²) in [6, 6.07) is 7.73. The number of nitrogens with one attached hydrogen (secondary N) is 2. The van der Waals surface area contributed by atoms with E-state index in [1.807, 2.05) is 31.2 Å². The average molecular weight is 327 g/mol. The van der Waals surface area contributed by atoms with Crippen LogP contribution in [0.25, 0.3) is 0 Å². The highest BCUT2D eigenvalue weighted by molar-refractivity contribution is 7.90. The molecule has 0 amide bonds. The molecule has 0 atom stereocenters. The van der Waals surface area contributed by atoms with Crippen molar-refractivity contribution in [2.45, 2.75) is 19.9 Å². The third-order valence-electron chi connectivity index (χ3n) is 2.93. The Bertz CT molecular complexity index is 585. The molecule has 0 aliphatic rings. The Balaban J connectivity index is 2.58. The lowest BCUT2D eigenvalue weighted by Crippen LogP contribution is -2.38. The van der Waals surface area contributed by atoms with E-state index in [1.165, 1.54) is 6.26 Å². The van der Waals surface area contributed by atoms with Gasteiger partial charge in [-0.15, -0.1) is 0 Å². The molecule has 2 N–H and O–H groups in total. The van der Waals surface area contributed by atoms with Gasteiger partial charge in [0, 0.05) is 24.9 Å². The second-order valence-electron chi connectivity index (χ2n) is 4.92. The molecule has 0 bridgehead atoms. The minimum atomic E-state index is -2.92. The molecule has 1 aromatic rings. The van der Waals surface area contributed by atoms with E-state index in [1.54, 1.807) is 7.11 Å². The molecule has 7 heteroatoms. The van der Waals surface area contributed by atoms with E-state index in [2.05, 4.69) is 15.6 Å². The van der Waals surface area contributed by atoms with Crippen LogP contribution >= 0.6 is 0 Å². The number of benzene rings is 1. The van der Waals surface area contributed by atoms with E-state index in [4.69, 9.17) is 4.74 Å². The molecule has 0 aromatic heterocycles. The van der Waals surface area contributed by atoms with E-state index in [0.717, 1.165) is 17.9 Å². The summed E-state index contributed by atoms with van der Waals surface area (Å²) in [7, 11) is -1.28. The predicted octanol–water partition coefficient (Wildman–Crippen LogP) is 1.19. The topological polar surface area (TPSA) is 79.8 Å². The molecule has 0 aliphatic heterocycles. The van der Waals surface area contributed by atoms with Crippen LogP contribution in [0.5, 0.6) is 5.75 Å². The highest BCUT2D eigenvalue weighted by Crippen LogP contribution is 2.17. The Kier molecular flexibility index (Phi) is 7.73. The lowest BCUT2D eigenvalue weighted by Gasteiger charge is -2.12. The van der Waals surface area contributed by atoms with Crippen LogP contribution in [0, 0.1) is 0 Å². The van der Waals surface area contributed by atoms with Gasteiger partial charge < -0.3 is 15.4 Å². The first kappa shape index (κ1) is 18.3. The summed E-state index contributed by atoms with van der Waals surface area (Å²) >= 11 is 0. The van der Waals surface area contributed by atoms with Crippen molar-refractivity contribution in [3.05, 3.63) is 29.8 Å². The normalized spacial score (nSPS) is 12.0. The monoisotopic (exact) mass is 327 g/mol. The minimum absolute atomic E-state index is 0.173. The van der Waals surface area contributed by atoms with E-state index >= 15 is 0 Å². The summed E-state index contributed by atoms with van der Waals surface area (Å²) in [6.45, 7) is 3.77. The number of guanidine groups is 1. The van der Waals surface area contributed by atoms with Crippen molar-refractivity contribution in [2.75, 3.05) is 32.2 Å². The van der Waals surface area contributed by atoms with Crippen LogP contribution in [0.1, 0.15) is 18.9 Å². The van der Waals surface area contributed by atoms with Gasteiger partial charge in [-0.1, -0.05) is 18.2 Å². The third-order valence-corrected chi connectivity index (χ3v) is 3.96. The van der Waals surface area contributed by atoms with Crippen molar-refractivity contribution in [3.63, 3.8) is 0 Å². The zero-order valence-electron chi connectivity index (χ0n) is 13.4. The minimum Gasteiger partial charge on any atom is -0.496 e. The Labute approximate surface area is 132 Å². The van der Waals surface area contributed by atoms with Crippen molar-refractivity contribution >= 4 is 15.8 Å². The molecule has 1 aromatic carbocycles. The van der Waals surface area contributed by atoms with Gasteiger partial charge in [-0.3, -0.25) is 0 Å². The standard InChI is InChI=1S/C15H25N3O3S/c1-4-16-15(17-10-7-11-22(3,19)20)18-12-13-8-5-6-9-14(13)21-2/h5-6,8-9H,4,7,10-12H2,1-3H3,(H2,16,17,18). The first-order chi connectivity index (χ1) is 10.5. The Morgan fingerprint density at radius 1 is 1.27 bits per heavy atom. The summed E-state index contributed by atoms with van der Waals surface area (Å²) in [4.78, 5) is 4.49. The number of nitrogens with zero attached hydrogens (tertiary/aromatic N) is 1. The summed E-state index contributed by atoms with van der Waals surface area (Å²) in [6.07, 6.45) is 1.80. The van der Waals surface area contributed by atoms with Crippen molar-refractivity contribution in [3.8, 4) is 5.75 Å². The van der Waals surface area contributed by atoms with Gasteiger partial charge in [0.25, 0.3) is 0 Å². The van der Waals surface area contributed by atoms with Crippen LogP contribution in [-0.2, 0) is 16.4 Å². The Morgan fingerprint density at radius 3 is 2.64 bits per heavy atom. The van der Waals surface area contributed by atoms with Gasteiger partial charge >= 0.3 is 0 Å². The quantitative estimate of drug-likeness (QED) is 0.426. The Morgan fingerprint density at radius 2 is 2.00 bits per heavy atom. The van der Waals surface area contributed by atoms with E-state index in [-0.39, 0.29) is 5.75 Å². The number of sulfone groups is 1. The SMILES string of the molecule is CCNC(=NCc1ccccc1OC)NCCCS(C)(=O)=O. The van der Waals surface area contributed by atoms with Crippen LogP contribution in [0.3, 0.4) is 0 Å². The number of rotatable bonds is 8. The zero-order chi connectivity index (χ0) is 16.4. The van der Waals surface area contributed by atoms with Crippen LogP contribution < -0.4 is 15.4 Å². The molecule has 0 saturated heterocycles. The van der Waals surface area contributed by atoms with Gasteiger partial charge in [0.15, 0.2) is 5.96 Å². The van der Waals surface area contributed by atoms with Crippen molar-refractivity contribution in [2.24, 2.45) is 4.99 Å². The molecule has 0 fully saturated rings. The predicted molar refractivity (Wildman–Crippen MR) is 90.1 cm³/mol. The second-order valence-corrected chi connectivity index (χ2v) is 7.18. The molecule has 0 saturated carbocycles. The molecule has 124 valence electrons. The summed E-state index contributed by atoms with van der Waals surface area (Å²) in [5, 5.41) is 6.27. The van der Waals surface area contributed by atoms with E-state index in [9.17, 15) is 8.42 Å². The zero-order valence-corrected chi connectivity index (χ0v) is 14.2. The van der Waals surface area contributed by atoms with Crippen molar-refractivity contribution in [1.82, 2.24) is 10.6 Å². The first-order valence-corrected chi connectivity index (χ1v) is 9.34. The van der Waals surface area contributed by atoms with Gasteiger partial charge in [-0.05, 0) is 19.4 Å². The molecule has 0 spiro atoms. The van der Waals surface area contributed by atoms with Gasteiger partial charge in [0.1, 0.15) is 15.6 Å². The fraction of sp³-hybridized carbons (Fsp3) is 0.533. The first-order valence-electron chi connectivity index (χ1n) is 7.28. The second kappa shape index (κ2) is 9.30. The molecule has 1 rings (SSSR count). The molecule has 22 heavy (non-hydrogen) atoms. The summed E-state index contributed by atoms with van der Waals surface area (Å²) < 4.78 is 27.5. The number of ether oxygens (including phenoxy) is 1. The summed E-state index contributed by atoms with van der Waals surface area (Å²) in [5.74, 6) is 1.65. The van der Waals surface area contributed by atoms with Crippen LogP contribution in [0.15, 0.2) is 29.3 Å². The summed E-state index contributed by atoms with van der Waals surface area (Å²) in [5.41, 5.74) is 0.998. The fourth-order valence-electron chi connectivity index (χ4n) is 1.88. The van der Waals surface area contributed by atoms with Gasteiger partial charge in [0.05, 0.1) is 19.4 Å². The van der Waals surface area contributed by atoms with E-state index in [0.29, 0.717) is 25.5 Å². The average Bonchev–Trinajstić information content (AvgIpc) is 2.48. The maximum Gasteiger partial charge on any atom is 0.191 e. The van der Waals surface area contributed by atoms with Crippen molar-refractivity contribution < 1.29 is 13.2 Å². The maximum atomic E-state index is 11.1. The largest absolute Gasteiger partial charge is 0.496 e. The van der Waals surface area contributed by atoms with Gasteiger partial charge in [-0.25, -0.2) is 13.4 Å². The highest BCUT2D eigenvalue weighted by Gasteiger charge is 2.04.